The fourth-order valence-corrected chi connectivity index (χ4v) is 3.11. The maximum atomic E-state index is 13.8. The van der Waals surface area contributed by atoms with Gasteiger partial charge in [0.15, 0.2) is 0 Å². The van der Waals surface area contributed by atoms with Gasteiger partial charge < -0.3 is 5.73 Å². The fraction of sp³-hybridized carbons (Fsp3) is 0.625. The third kappa shape index (κ3) is 3.47. The number of hydrogen-bond acceptors (Lipinski definition) is 2. The Bertz CT molecular complexity index is 391. The van der Waals surface area contributed by atoms with Crippen molar-refractivity contribution in [3.05, 3.63) is 29.6 Å². The summed E-state index contributed by atoms with van der Waals surface area (Å²) in [6.07, 6.45) is 6.35. The molecule has 2 rings (SSSR count). The SMILES string of the molecule is CCC1CCC(N(C)Cc2c(N)cccc2F)CC1. The Morgan fingerprint density at radius 2 is 1.95 bits per heavy atom. The average molecular weight is 264 g/mol. The molecule has 1 fully saturated rings. The lowest BCUT2D eigenvalue weighted by Gasteiger charge is -2.34. The van der Waals surface area contributed by atoms with Gasteiger partial charge in [0.25, 0.3) is 0 Å². The second-order valence-corrected chi connectivity index (χ2v) is 5.81. The van der Waals surface area contributed by atoms with Gasteiger partial charge in [0.05, 0.1) is 0 Å². The van der Waals surface area contributed by atoms with Gasteiger partial charge in [-0.1, -0.05) is 19.4 Å². The van der Waals surface area contributed by atoms with E-state index in [9.17, 15) is 4.39 Å². The molecule has 0 bridgehead atoms. The number of anilines is 1. The zero-order valence-corrected chi connectivity index (χ0v) is 12.0. The molecule has 0 radical (unpaired) electrons. The molecule has 1 saturated carbocycles. The number of nitrogens with zero attached hydrogens (tertiary/aromatic N) is 1. The average Bonchev–Trinajstić information content (AvgIpc) is 2.43. The summed E-state index contributed by atoms with van der Waals surface area (Å²) in [6.45, 7) is 2.88. The summed E-state index contributed by atoms with van der Waals surface area (Å²) in [7, 11) is 2.09. The normalized spacial score (nSPS) is 23.8. The number of benzene rings is 1. The molecule has 1 aliphatic carbocycles. The van der Waals surface area contributed by atoms with Gasteiger partial charge in [-0.05, 0) is 50.8 Å². The number of rotatable bonds is 4. The summed E-state index contributed by atoms with van der Waals surface area (Å²) in [6, 6.07) is 5.51. The van der Waals surface area contributed by atoms with Crippen molar-refractivity contribution in [2.45, 2.75) is 51.6 Å². The van der Waals surface area contributed by atoms with E-state index in [1.807, 2.05) is 0 Å². The lowest BCUT2D eigenvalue weighted by Crippen LogP contribution is -2.35. The smallest absolute Gasteiger partial charge is 0.129 e. The van der Waals surface area contributed by atoms with E-state index >= 15 is 0 Å². The first-order valence-electron chi connectivity index (χ1n) is 7.35. The minimum absolute atomic E-state index is 0.186. The second kappa shape index (κ2) is 6.38. The van der Waals surface area contributed by atoms with E-state index in [4.69, 9.17) is 5.73 Å². The minimum Gasteiger partial charge on any atom is -0.398 e. The molecule has 1 aromatic carbocycles. The molecule has 3 heteroatoms. The molecule has 2 N–H and O–H groups in total. The standard InChI is InChI=1S/C16H25FN2/c1-3-12-7-9-13(10-8-12)19(2)11-14-15(17)5-4-6-16(14)18/h4-6,12-13H,3,7-11,18H2,1-2H3. The van der Waals surface area contributed by atoms with E-state index in [2.05, 4.69) is 18.9 Å². The molecule has 0 aliphatic heterocycles. The Balaban J connectivity index is 1.96. The first-order chi connectivity index (χ1) is 9.11. The Morgan fingerprint density at radius 1 is 1.26 bits per heavy atom. The van der Waals surface area contributed by atoms with Gasteiger partial charge in [-0.25, -0.2) is 4.39 Å². The van der Waals surface area contributed by atoms with Crippen molar-refractivity contribution in [3.63, 3.8) is 0 Å². The molecule has 0 saturated heterocycles. The first-order valence-corrected chi connectivity index (χ1v) is 7.35. The quantitative estimate of drug-likeness (QED) is 0.838. The fourth-order valence-electron chi connectivity index (χ4n) is 3.11. The van der Waals surface area contributed by atoms with Crippen LogP contribution in [0.5, 0.6) is 0 Å². The Morgan fingerprint density at radius 3 is 2.53 bits per heavy atom. The molecule has 1 aromatic rings. The molecule has 1 aliphatic rings. The summed E-state index contributed by atoms with van der Waals surface area (Å²) in [5.74, 6) is 0.706. The van der Waals surface area contributed by atoms with Crippen LogP contribution >= 0.6 is 0 Å². The number of nitrogens with two attached hydrogens (primary N) is 1. The zero-order valence-electron chi connectivity index (χ0n) is 12.0. The lowest BCUT2D eigenvalue weighted by atomic mass is 9.84. The monoisotopic (exact) mass is 264 g/mol. The van der Waals surface area contributed by atoms with Gasteiger partial charge in [-0.15, -0.1) is 0 Å². The summed E-state index contributed by atoms with van der Waals surface area (Å²) in [5.41, 5.74) is 7.08. The van der Waals surface area contributed by atoms with Crippen LogP contribution in [-0.2, 0) is 6.54 Å². The minimum atomic E-state index is -0.186. The first kappa shape index (κ1) is 14.3. The third-order valence-corrected chi connectivity index (χ3v) is 4.58. The number of halogens is 1. The van der Waals surface area contributed by atoms with Crippen LogP contribution in [0, 0.1) is 11.7 Å². The van der Waals surface area contributed by atoms with Crippen molar-refractivity contribution in [2.75, 3.05) is 12.8 Å². The molecular formula is C16H25FN2. The van der Waals surface area contributed by atoms with E-state index in [0.717, 1.165) is 5.92 Å². The van der Waals surface area contributed by atoms with Crippen molar-refractivity contribution >= 4 is 5.69 Å². The molecule has 106 valence electrons. The van der Waals surface area contributed by atoms with Gasteiger partial charge in [0.2, 0.25) is 0 Å². The zero-order chi connectivity index (χ0) is 13.8. The second-order valence-electron chi connectivity index (χ2n) is 5.81. The van der Waals surface area contributed by atoms with Crippen LogP contribution < -0.4 is 5.73 Å². The maximum Gasteiger partial charge on any atom is 0.129 e. The van der Waals surface area contributed by atoms with Gasteiger partial charge in [-0.2, -0.15) is 0 Å². The van der Waals surface area contributed by atoms with Crippen molar-refractivity contribution in [1.29, 1.82) is 0 Å². The molecule has 0 atom stereocenters. The highest BCUT2D eigenvalue weighted by molar-refractivity contribution is 5.47. The van der Waals surface area contributed by atoms with E-state index < -0.39 is 0 Å². The largest absolute Gasteiger partial charge is 0.398 e. The predicted molar refractivity (Wildman–Crippen MR) is 78.3 cm³/mol. The van der Waals surface area contributed by atoms with Gasteiger partial charge >= 0.3 is 0 Å². The summed E-state index contributed by atoms with van der Waals surface area (Å²) in [5, 5.41) is 0. The van der Waals surface area contributed by atoms with Crippen molar-refractivity contribution < 1.29 is 4.39 Å². The van der Waals surface area contributed by atoms with Crippen LogP contribution in [0.1, 0.15) is 44.6 Å². The third-order valence-electron chi connectivity index (χ3n) is 4.58. The number of hydrogen-bond donors (Lipinski definition) is 1. The summed E-state index contributed by atoms with van der Waals surface area (Å²) in [4.78, 5) is 2.26. The van der Waals surface area contributed by atoms with Crippen LogP contribution in [-0.4, -0.2) is 18.0 Å². The molecule has 2 nitrogen and oxygen atoms in total. The molecule has 0 amide bonds. The maximum absolute atomic E-state index is 13.8. The number of nitrogen functional groups attached to an aromatic ring is 1. The highest BCUT2D eigenvalue weighted by Crippen LogP contribution is 2.30. The molecule has 19 heavy (non-hydrogen) atoms. The van der Waals surface area contributed by atoms with Crippen LogP contribution in [0.4, 0.5) is 10.1 Å². The Kier molecular flexibility index (Phi) is 4.81. The molecule has 0 aromatic heterocycles. The van der Waals surface area contributed by atoms with Crippen LogP contribution in [0.25, 0.3) is 0 Å². The highest BCUT2D eigenvalue weighted by Gasteiger charge is 2.23. The van der Waals surface area contributed by atoms with E-state index in [1.165, 1.54) is 38.2 Å². The summed E-state index contributed by atoms with van der Waals surface area (Å²) >= 11 is 0. The lowest BCUT2D eigenvalue weighted by molar-refractivity contribution is 0.156. The van der Waals surface area contributed by atoms with E-state index in [1.54, 1.807) is 12.1 Å². The van der Waals surface area contributed by atoms with E-state index in [-0.39, 0.29) is 5.82 Å². The Labute approximate surface area is 115 Å². The highest BCUT2D eigenvalue weighted by atomic mass is 19.1. The van der Waals surface area contributed by atoms with Gasteiger partial charge in [0.1, 0.15) is 5.82 Å². The Hall–Kier alpha value is -1.09. The van der Waals surface area contributed by atoms with Crippen LogP contribution in [0.3, 0.4) is 0 Å². The van der Waals surface area contributed by atoms with Gasteiger partial charge in [-0.3, -0.25) is 4.90 Å². The van der Waals surface area contributed by atoms with Gasteiger partial charge in [0, 0.05) is 23.8 Å². The van der Waals surface area contributed by atoms with Crippen molar-refractivity contribution in [2.24, 2.45) is 5.92 Å². The van der Waals surface area contributed by atoms with Crippen LogP contribution in [0.15, 0.2) is 18.2 Å². The van der Waals surface area contributed by atoms with E-state index in [0.29, 0.717) is 23.8 Å². The topological polar surface area (TPSA) is 29.3 Å². The van der Waals surface area contributed by atoms with Crippen molar-refractivity contribution in [1.82, 2.24) is 4.90 Å². The van der Waals surface area contributed by atoms with Crippen molar-refractivity contribution in [3.8, 4) is 0 Å². The molecule has 0 heterocycles. The van der Waals surface area contributed by atoms with Crippen LogP contribution in [0.2, 0.25) is 0 Å². The molecule has 0 unspecified atom stereocenters. The molecule has 0 spiro atoms. The summed E-state index contributed by atoms with van der Waals surface area (Å²) < 4.78 is 13.8. The predicted octanol–water partition coefficient (Wildman–Crippen LogP) is 3.81. The molecular weight excluding hydrogens is 239 g/mol.